The molecule has 4 nitrogen and oxygen atoms in total. The Balaban J connectivity index is 1.91. The van der Waals surface area contributed by atoms with Crippen LogP contribution in [-0.4, -0.2) is 11.9 Å². The molecule has 0 unspecified atom stereocenters. The highest BCUT2D eigenvalue weighted by Crippen LogP contribution is 2.46. The van der Waals surface area contributed by atoms with Gasteiger partial charge in [-0.15, -0.1) is 22.7 Å². The van der Waals surface area contributed by atoms with Crippen LogP contribution in [0.25, 0.3) is 11.5 Å². The van der Waals surface area contributed by atoms with E-state index in [1.54, 1.807) is 12.1 Å². The van der Waals surface area contributed by atoms with Gasteiger partial charge >= 0.3 is 11.9 Å². The summed E-state index contributed by atoms with van der Waals surface area (Å²) in [5, 5.41) is 0. The minimum atomic E-state index is -0.556. The lowest BCUT2D eigenvalue weighted by molar-refractivity contribution is -0.131. The number of cyclic esters (lactones) is 2. The molecule has 2 aromatic heterocycles. The number of fused-ring (bicyclic) bond motifs is 1. The molecule has 0 saturated carbocycles. The lowest BCUT2D eigenvalue weighted by Gasteiger charge is -2.02. The van der Waals surface area contributed by atoms with Gasteiger partial charge in [0, 0.05) is 0 Å². The maximum absolute atomic E-state index is 12.2. The Labute approximate surface area is 149 Å². The SMILES string of the molecule is O=C1OC(c2ccc(Br)s2)=C2C(=O)OC(c3ccc(Br)s3)=C12. The summed E-state index contributed by atoms with van der Waals surface area (Å²) in [6, 6.07) is 7.25. The molecule has 2 aliphatic heterocycles. The first kappa shape index (κ1) is 14.4. The predicted octanol–water partition coefficient (Wildman–Crippen LogP) is 4.57. The summed E-state index contributed by atoms with van der Waals surface area (Å²) in [5.74, 6) is -0.572. The largest absolute Gasteiger partial charge is 0.420 e. The number of ether oxygens (including phenoxy) is 2. The molecular weight excluding hydrogens is 456 g/mol. The van der Waals surface area contributed by atoms with Crippen LogP contribution in [0, 0.1) is 0 Å². The molecule has 0 saturated heterocycles. The number of hydrogen-bond donors (Lipinski definition) is 0. The summed E-state index contributed by atoms with van der Waals surface area (Å²) in [5.41, 5.74) is 0.415. The van der Waals surface area contributed by atoms with Crippen LogP contribution < -0.4 is 0 Å². The van der Waals surface area contributed by atoms with Crippen LogP contribution in [0.15, 0.2) is 43.0 Å². The van der Waals surface area contributed by atoms with Crippen LogP contribution in [-0.2, 0) is 19.1 Å². The minimum absolute atomic E-state index is 0.207. The van der Waals surface area contributed by atoms with Crippen LogP contribution in [0.2, 0.25) is 0 Å². The van der Waals surface area contributed by atoms with Crippen LogP contribution in [0.4, 0.5) is 0 Å². The summed E-state index contributed by atoms with van der Waals surface area (Å²) in [7, 11) is 0. The van der Waals surface area contributed by atoms with E-state index in [1.165, 1.54) is 22.7 Å². The van der Waals surface area contributed by atoms with Crippen molar-refractivity contribution in [2.75, 3.05) is 0 Å². The van der Waals surface area contributed by atoms with Gasteiger partial charge < -0.3 is 9.47 Å². The van der Waals surface area contributed by atoms with E-state index in [4.69, 9.17) is 9.47 Å². The van der Waals surface area contributed by atoms with Crippen molar-refractivity contribution >= 4 is 78.0 Å². The third-order valence-corrected chi connectivity index (χ3v) is 6.34. The molecule has 0 amide bonds. The van der Waals surface area contributed by atoms with E-state index in [9.17, 15) is 9.59 Å². The molecule has 8 heteroatoms. The Morgan fingerprint density at radius 1 is 0.727 bits per heavy atom. The number of thiophene rings is 2. The first-order chi connectivity index (χ1) is 10.5. The molecule has 110 valence electrons. The number of halogens is 2. The molecule has 0 aromatic carbocycles. The molecule has 0 aliphatic carbocycles. The van der Waals surface area contributed by atoms with Gasteiger partial charge in [-0.1, -0.05) is 0 Å². The van der Waals surface area contributed by atoms with Gasteiger partial charge in [0.25, 0.3) is 0 Å². The average Bonchev–Trinajstić information content (AvgIpc) is 3.19. The lowest BCUT2D eigenvalue weighted by Crippen LogP contribution is -1.99. The minimum Gasteiger partial charge on any atom is -0.420 e. The predicted molar refractivity (Wildman–Crippen MR) is 90.1 cm³/mol. The van der Waals surface area contributed by atoms with Gasteiger partial charge in [0.1, 0.15) is 11.1 Å². The Morgan fingerprint density at radius 3 is 1.45 bits per heavy atom. The van der Waals surface area contributed by atoms with Crippen molar-refractivity contribution in [3.8, 4) is 0 Å². The van der Waals surface area contributed by atoms with E-state index >= 15 is 0 Å². The van der Waals surface area contributed by atoms with E-state index in [1.807, 2.05) is 12.1 Å². The van der Waals surface area contributed by atoms with Crippen LogP contribution in [0.5, 0.6) is 0 Å². The number of carbonyl (C=O) groups excluding carboxylic acids is 2. The number of carbonyl (C=O) groups is 2. The Morgan fingerprint density at radius 2 is 1.14 bits per heavy atom. The van der Waals surface area contributed by atoms with Crippen LogP contribution >= 0.6 is 54.5 Å². The fraction of sp³-hybridized carbons (Fsp3) is 0. The van der Waals surface area contributed by atoms with Crippen molar-refractivity contribution in [1.29, 1.82) is 0 Å². The Bertz CT molecular complexity index is 829. The second-order valence-electron chi connectivity index (χ2n) is 4.39. The molecule has 22 heavy (non-hydrogen) atoms. The number of hydrogen-bond acceptors (Lipinski definition) is 6. The van der Waals surface area contributed by atoms with Gasteiger partial charge in [0.05, 0.1) is 17.3 Å². The first-order valence-corrected chi connectivity index (χ1v) is 9.21. The lowest BCUT2D eigenvalue weighted by atomic mass is 10.1. The molecule has 0 N–H and O–H groups in total. The molecule has 0 spiro atoms. The number of rotatable bonds is 2. The van der Waals surface area contributed by atoms with Crippen molar-refractivity contribution in [2.45, 2.75) is 0 Å². The molecule has 0 atom stereocenters. The molecule has 0 radical (unpaired) electrons. The third-order valence-electron chi connectivity index (χ3n) is 3.10. The highest BCUT2D eigenvalue weighted by molar-refractivity contribution is 9.11. The maximum atomic E-state index is 12.2. The fourth-order valence-corrected chi connectivity index (χ4v) is 4.97. The van der Waals surface area contributed by atoms with Crippen molar-refractivity contribution in [2.24, 2.45) is 0 Å². The molecule has 4 rings (SSSR count). The van der Waals surface area contributed by atoms with E-state index in [0.29, 0.717) is 9.75 Å². The second-order valence-corrected chi connectivity index (χ2v) is 9.32. The highest BCUT2D eigenvalue weighted by Gasteiger charge is 2.45. The van der Waals surface area contributed by atoms with Gasteiger partial charge in [0.2, 0.25) is 0 Å². The van der Waals surface area contributed by atoms with Gasteiger partial charge in [0.15, 0.2) is 11.5 Å². The molecule has 2 aromatic rings. The van der Waals surface area contributed by atoms with E-state index in [2.05, 4.69) is 31.9 Å². The average molecular weight is 460 g/mol. The van der Waals surface area contributed by atoms with E-state index in [0.717, 1.165) is 7.57 Å². The topological polar surface area (TPSA) is 52.6 Å². The molecule has 0 bridgehead atoms. The summed E-state index contributed by atoms with van der Waals surface area (Å²) >= 11 is 9.49. The van der Waals surface area contributed by atoms with Crippen molar-refractivity contribution in [3.63, 3.8) is 0 Å². The van der Waals surface area contributed by atoms with Gasteiger partial charge in [-0.25, -0.2) is 9.59 Å². The van der Waals surface area contributed by atoms with Crippen LogP contribution in [0.1, 0.15) is 9.75 Å². The van der Waals surface area contributed by atoms with Gasteiger partial charge in [-0.05, 0) is 56.1 Å². The van der Waals surface area contributed by atoms with Gasteiger partial charge in [-0.3, -0.25) is 0 Å². The van der Waals surface area contributed by atoms with Crippen LogP contribution in [0.3, 0.4) is 0 Å². The number of esters is 2. The standard InChI is InChI=1S/C14H4Br2O4S2/c15-7-3-1-5(21-7)11-9-10(14(18)19-11)12(20-13(9)17)6-2-4-8(16)22-6/h1-4H. The highest BCUT2D eigenvalue weighted by atomic mass is 79.9. The third kappa shape index (κ3) is 2.13. The summed E-state index contributed by atoms with van der Waals surface area (Å²) < 4.78 is 12.4. The maximum Gasteiger partial charge on any atom is 0.348 e. The Hall–Kier alpha value is -1.22. The normalized spacial score (nSPS) is 17.2. The molecule has 4 heterocycles. The van der Waals surface area contributed by atoms with Crippen molar-refractivity contribution < 1.29 is 19.1 Å². The van der Waals surface area contributed by atoms with Crippen molar-refractivity contribution in [3.05, 3.63) is 52.7 Å². The van der Waals surface area contributed by atoms with Crippen molar-refractivity contribution in [1.82, 2.24) is 0 Å². The van der Waals surface area contributed by atoms with Gasteiger partial charge in [-0.2, -0.15) is 0 Å². The summed E-state index contributed by atoms with van der Waals surface area (Å²) in [6.07, 6.45) is 0. The van der Waals surface area contributed by atoms with E-state index in [-0.39, 0.29) is 22.7 Å². The zero-order chi connectivity index (χ0) is 15.4. The zero-order valence-electron chi connectivity index (χ0n) is 10.5. The molecule has 2 aliphatic rings. The summed E-state index contributed by atoms with van der Waals surface area (Å²) in [6.45, 7) is 0. The smallest absolute Gasteiger partial charge is 0.348 e. The zero-order valence-corrected chi connectivity index (χ0v) is 15.3. The van der Waals surface area contributed by atoms with E-state index < -0.39 is 11.9 Å². The second kappa shape index (κ2) is 5.16. The monoisotopic (exact) mass is 458 g/mol. The molecule has 0 fully saturated rings. The summed E-state index contributed by atoms with van der Waals surface area (Å²) in [4.78, 5) is 25.8. The fourth-order valence-electron chi connectivity index (χ4n) is 2.23. The quantitative estimate of drug-likeness (QED) is 0.617. The Kier molecular flexibility index (Phi) is 3.37. The molecular formula is C14H4Br2O4S2. The first-order valence-electron chi connectivity index (χ1n) is 5.99.